The summed E-state index contributed by atoms with van der Waals surface area (Å²) in [7, 11) is 0. The van der Waals surface area contributed by atoms with Crippen molar-refractivity contribution in [2.24, 2.45) is 0 Å². The summed E-state index contributed by atoms with van der Waals surface area (Å²) >= 11 is 5.80. The number of carboxylic acids is 1. The molecule has 0 radical (unpaired) electrons. The Hall–Kier alpha value is -1.59. The fraction of sp³-hybridized carbons (Fsp3) is 0.273. The SMILES string of the molecule is Cc1ccc(Cl)cc1NC(=O)CNCC(=O)O. The summed E-state index contributed by atoms with van der Waals surface area (Å²) in [5.41, 5.74) is 1.51. The maximum absolute atomic E-state index is 11.4. The van der Waals surface area contributed by atoms with Gasteiger partial charge in [0.2, 0.25) is 5.91 Å². The van der Waals surface area contributed by atoms with E-state index in [0.29, 0.717) is 10.7 Å². The molecule has 1 aromatic rings. The minimum atomic E-state index is -1.00. The number of rotatable bonds is 5. The second-order valence-corrected chi connectivity index (χ2v) is 3.94. The van der Waals surface area contributed by atoms with E-state index in [-0.39, 0.29) is 19.0 Å². The molecule has 1 rings (SSSR count). The highest BCUT2D eigenvalue weighted by Crippen LogP contribution is 2.19. The minimum Gasteiger partial charge on any atom is -0.480 e. The Morgan fingerprint density at radius 3 is 2.71 bits per heavy atom. The van der Waals surface area contributed by atoms with Crippen molar-refractivity contribution in [3.8, 4) is 0 Å². The van der Waals surface area contributed by atoms with Crippen LogP contribution in [0.15, 0.2) is 18.2 Å². The largest absolute Gasteiger partial charge is 0.480 e. The number of hydrogen-bond acceptors (Lipinski definition) is 3. The van der Waals surface area contributed by atoms with Crippen molar-refractivity contribution in [3.05, 3.63) is 28.8 Å². The van der Waals surface area contributed by atoms with Gasteiger partial charge in [0.1, 0.15) is 0 Å². The third-order valence-electron chi connectivity index (χ3n) is 2.04. The van der Waals surface area contributed by atoms with Crippen LogP contribution in [0, 0.1) is 6.92 Å². The molecule has 3 N–H and O–H groups in total. The Kier molecular flexibility index (Phi) is 4.93. The molecule has 1 aromatic carbocycles. The van der Waals surface area contributed by atoms with E-state index in [9.17, 15) is 9.59 Å². The van der Waals surface area contributed by atoms with Crippen molar-refractivity contribution in [2.75, 3.05) is 18.4 Å². The zero-order chi connectivity index (χ0) is 12.8. The number of hydrogen-bond donors (Lipinski definition) is 3. The average Bonchev–Trinajstić information content (AvgIpc) is 2.23. The van der Waals surface area contributed by atoms with Gasteiger partial charge in [0, 0.05) is 10.7 Å². The number of carboxylic acid groups (broad SMARTS) is 1. The lowest BCUT2D eigenvalue weighted by molar-refractivity contribution is -0.135. The third kappa shape index (κ3) is 4.84. The van der Waals surface area contributed by atoms with Gasteiger partial charge in [0.25, 0.3) is 0 Å². The molecule has 0 aliphatic rings. The highest BCUT2D eigenvalue weighted by atomic mass is 35.5. The fourth-order valence-corrected chi connectivity index (χ4v) is 1.38. The van der Waals surface area contributed by atoms with E-state index in [1.165, 1.54) is 0 Å². The summed E-state index contributed by atoms with van der Waals surface area (Å²) < 4.78 is 0. The van der Waals surface area contributed by atoms with Gasteiger partial charge in [-0.3, -0.25) is 14.9 Å². The lowest BCUT2D eigenvalue weighted by atomic mass is 10.2. The van der Waals surface area contributed by atoms with Crippen LogP contribution >= 0.6 is 11.6 Å². The van der Waals surface area contributed by atoms with Gasteiger partial charge in [0.05, 0.1) is 13.1 Å². The van der Waals surface area contributed by atoms with Gasteiger partial charge in [-0.25, -0.2) is 0 Å². The quantitative estimate of drug-likeness (QED) is 0.741. The zero-order valence-corrected chi connectivity index (χ0v) is 10.0. The van der Waals surface area contributed by atoms with Crippen LogP contribution in [0.1, 0.15) is 5.56 Å². The zero-order valence-electron chi connectivity index (χ0n) is 9.29. The molecule has 1 amide bonds. The molecular formula is C11H13ClN2O3. The number of amides is 1. The summed E-state index contributed by atoms with van der Waals surface area (Å²) in [6.07, 6.45) is 0. The predicted octanol–water partition coefficient (Wildman–Crippen LogP) is 1.26. The monoisotopic (exact) mass is 256 g/mol. The molecule has 0 bridgehead atoms. The lowest BCUT2D eigenvalue weighted by Gasteiger charge is -2.08. The van der Waals surface area contributed by atoms with E-state index in [0.717, 1.165) is 5.56 Å². The Morgan fingerprint density at radius 1 is 1.35 bits per heavy atom. The molecule has 0 unspecified atom stereocenters. The number of anilines is 1. The number of benzene rings is 1. The molecule has 0 saturated carbocycles. The Labute approximate surface area is 104 Å². The number of carbonyl (C=O) groups is 2. The van der Waals surface area contributed by atoms with Crippen molar-refractivity contribution in [1.82, 2.24) is 5.32 Å². The molecule has 6 heteroatoms. The van der Waals surface area contributed by atoms with Crippen LogP contribution in [0.3, 0.4) is 0 Å². The van der Waals surface area contributed by atoms with Crippen molar-refractivity contribution in [2.45, 2.75) is 6.92 Å². The number of aliphatic carboxylic acids is 1. The summed E-state index contributed by atoms with van der Waals surface area (Å²) in [5, 5.41) is 14.1. The molecule has 0 aliphatic heterocycles. The molecular weight excluding hydrogens is 244 g/mol. The average molecular weight is 257 g/mol. The number of aryl methyl sites for hydroxylation is 1. The van der Waals surface area contributed by atoms with Gasteiger partial charge in [-0.05, 0) is 24.6 Å². The summed E-state index contributed by atoms with van der Waals surface area (Å²) in [6, 6.07) is 5.17. The van der Waals surface area contributed by atoms with E-state index in [1.807, 2.05) is 6.92 Å². The lowest BCUT2D eigenvalue weighted by Crippen LogP contribution is -2.31. The number of halogens is 1. The molecule has 0 saturated heterocycles. The number of carbonyl (C=O) groups excluding carboxylic acids is 1. The Bertz CT molecular complexity index is 435. The molecule has 92 valence electrons. The van der Waals surface area contributed by atoms with Gasteiger partial charge < -0.3 is 10.4 Å². The van der Waals surface area contributed by atoms with Gasteiger partial charge >= 0.3 is 5.97 Å². The number of nitrogens with one attached hydrogen (secondary N) is 2. The first-order valence-corrected chi connectivity index (χ1v) is 5.35. The molecule has 17 heavy (non-hydrogen) atoms. The van der Waals surface area contributed by atoms with E-state index in [2.05, 4.69) is 10.6 Å². The Balaban J connectivity index is 2.50. The summed E-state index contributed by atoms with van der Waals surface area (Å²) in [6.45, 7) is 1.54. The highest BCUT2D eigenvalue weighted by Gasteiger charge is 2.05. The van der Waals surface area contributed by atoms with Crippen molar-refractivity contribution in [1.29, 1.82) is 0 Å². The first kappa shape index (κ1) is 13.5. The van der Waals surface area contributed by atoms with E-state index >= 15 is 0 Å². The maximum atomic E-state index is 11.4. The van der Waals surface area contributed by atoms with Crippen molar-refractivity contribution in [3.63, 3.8) is 0 Å². The van der Waals surface area contributed by atoms with Crippen LogP contribution < -0.4 is 10.6 Å². The van der Waals surface area contributed by atoms with Crippen molar-refractivity contribution < 1.29 is 14.7 Å². The van der Waals surface area contributed by atoms with Crippen molar-refractivity contribution >= 4 is 29.2 Å². The van der Waals surface area contributed by atoms with Crippen LogP contribution in [0.4, 0.5) is 5.69 Å². The van der Waals surface area contributed by atoms with Crippen LogP contribution in [0.2, 0.25) is 5.02 Å². The van der Waals surface area contributed by atoms with E-state index < -0.39 is 5.97 Å². The first-order valence-electron chi connectivity index (χ1n) is 4.97. The fourth-order valence-electron chi connectivity index (χ4n) is 1.21. The first-order chi connectivity index (χ1) is 7.99. The molecule has 0 heterocycles. The van der Waals surface area contributed by atoms with Crippen LogP contribution in [-0.2, 0) is 9.59 Å². The molecule has 5 nitrogen and oxygen atoms in total. The second-order valence-electron chi connectivity index (χ2n) is 3.50. The maximum Gasteiger partial charge on any atom is 0.317 e. The summed E-state index contributed by atoms with van der Waals surface area (Å²) in [4.78, 5) is 21.7. The molecule has 0 spiro atoms. The molecule has 0 aliphatic carbocycles. The van der Waals surface area contributed by atoms with Gasteiger partial charge in [-0.1, -0.05) is 17.7 Å². The topological polar surface area (TPSA) is 78.4 Å². The normalized spacial score (nSPS) is 10.0. The third-order valence-corrected chi connectivity index (χ3v) is 2.27. The van der Waals surface area contributed by atoms with Crippen LogP contribution in [-0.4, -0.2) is 30.1 Å². The minimum absolute atomic E-state index is 0.0573. The van der Waals surface area contributed by atoms with Gasteiger partial charge in [-0.15, -0.1) is 0 Å². The second kappa shape index (κ2) is 6.22. The molecule has 0 aromatic heterocycles. The smallest absolute Gasteiger partial charge is 0.317 e. The van der Waals surface area contributed by atoms with Crippen LogP contribution in [0.5, 0.6) is 0 Å². The van der Waals surface area contributed by atoms with Gasteiger partial charge in [0.15, 0.2) is 0 Å². The summed E-state index contributed by atoms with van der Waals surface area (Å²) in [5.74, 6) is -1.31. The standard InChI is InChI=1S/C11H13ClN2O3/c1-7-2-3-8(12)4-9(7)14-10(15)5-13-6-11(16)17/h2-4,13H,5-6H2,1H3,(H,14,15)(H,16,17). The van der Waals surface area contributed by atoms with Crippen LogP contribution in [0.25, 0.3) is 0 Å². The van der Waals surface area contributed by atoms with E-state index in [1.54, 1.807) is 18.2 Å². The van der Waals surface area contributed by atoms with Gasteiger partial charge in [-0.2, -0.15) is 0 Å². The predicted molar refractivity (Wildman–Crippen MR) is 65.3 cm³/mol. The molecule has 0 fully saturated rings. The highest BCUT2D eigenvalue weighted by molar-refractivity contribution is 6.31. The Morgan fingerprint density at radius 2 is 2.06 bits per heavy atom. The van der Waals surface area contributed by atoms with E-state index in [4.69, 9.17) is 16.7 Å². The molecule has 0 atom stereocenters.